The van der Waals surface area contributed by atoms with Gasteiger partial charge in [0.2, 0.25) is 0 Å². The van der Waals surface area contributed by atoms with E-state index in [9.17, 15) is 14.4 Å². The molecule has 1 fully saturated rings. The van der Waals surface area contributed by atoms with Crippen molar-refractivity contribution >= 4 is 17.9 Å². The number of methoxy groups -OCH3 is 1. The molecular formula is C25H34O6. The van der Waals surface area contributed by atoms with E-state index in [1.807, 2.05) is 26.8 Å². The normalized spacial score (nSPS) is 27.2. The zero-order valence-corrected chi connectivity index (χ0v) is 19.7. The molecule has 2 aliphatic carbocycles. The van der Waals surface area contributed by atoms with Gasteiger partial charge in [0.05, 0.1) is 12.5 Å². The van der Waals surface area contributed by atoms with Gasteiger partial charge in [-0.25, -0.2) is 0 Å². The maximum absolute atomic E-state index is 12.8. The second-order valence-electron chi connectivity index (χ2n) is 9.76. The standard InChI is InChI=1S/C25H34O6/c1-14(2)18-13-19(30-15(3)26)21-17(22(18)31-16(4)27)9-10-20-24(21,5)11-8-12-25(20,6)23(28)29-7/h13-14,20H,8-12H2,1-7H3/t20-,24+,25-/m1/s1. The van der Waals surface area contributed by atoms with Gasteiger partial charge in [0, 0.05) is 36.0 Å². The average Bonchev–Trinajstić information content (AvgIpc) is 2.67. The lowest BCUT2D eigenvalue weighted by Crippen LogP contribution is -2.53. The third kappa shape index (κ3) is 3.85. The molecule has 6 heteroatoms. The zero-order chi connectivity index (χ0) is 23.1. The van der Waals surface area contributed by atoms with Gasteiger partial charge in [0.15, 0.2) is 0 Å². The number of carbonyl (C=O) groups is 3. The smallest absolute Gasteiger partial charge is 0.311 e. The number of hydrogen-bond donors (Lipinski definition) is 0. The molecular weight excluding hydrogens is 396 g/mol. The minimum absolute atomic E-state index is 0.0260. The van der Waals surface area contributed by atoms with E-state index < -0.39 is 16.8 Å². The largest absolute Gasteiger partial charge is 0.469 e. The van der Waals surface area contributed by atoms with E-state index in [0.717, 1.165) is 42.4 Å². The Balaban J connectivity index is 2.31. The highest BCUT2D eigenvalue weighted by molar-refractivity contribution is 5.78. The van der Waals surface area contributed by atoms with E-state index in [1.54, 1.807) is 0 Å². The Labute approximate surface area is 184 Å². The van der Waals surface area contributed by atoms with E-state index in [-0.39, 0.29) is 23.8 Å². The third-order valence-corrected chi connectivity index (χ3v) is 7.33. The fourth-order valence-corrected chi connectivity index (χ4v) is 6.09. The second-order valence-corrected chi connectivity index (χ2v) is 9.76. The number of benzene rings is 1. The Morgan fingerprint density at radius 3 is 2.26 bits per heavy atom. The summed E-state index contributed by atoms with van der Waals surface area (Å²) in [7, 11) is 1.44. The molecule has 0 saturated heterocycles. The minimum atomic E-state index is -0.620. The van der Waals surface area contributed by atoms with E-state index in [0.29, 0.717) is 17.9 Å². The van der Waals surface area contributed by atoms with Gasteiger partial charge in [-0.1, -0.05) is 27.2 Å². The lowest BCUT2D eigenvalue weighted by Gasteiger charge is -2.54. The first-order chi connectivity index (χ1) is 14.5. The quantitative estimate of drug-likeness (QED) is 0.502. The van der Waals surface area contributed by atoms with Crippen LogP contribution in [0.2, 0.25) is 0 Å². The van der Waals surface area contributed by atoms with Crippen LogP contribution in [0.4, 0.5) is 0 Å². The zero-order valence-electron chi connectivity index (χ0n) is 19.7. The first kappa shape index (κ1) is 23.3. The average molecular weight is 431 g/mol. The van der Waals surface area contributed by atoms with Crippen molar-refractivity contribution in [1.29, 1.82) is 0 Å². The number of rotatable bonds is 4. The summed E-state index contributed by atoms with van der Waals surface area (Å²) in [5.74, 6) is 0.236. The van der Waals surface area contributed by atoms with Crippen LogP contribution in [0.15, 0.2) is 6.07 Å². The van der Waals surface area contributed by atoms with E-state index in [4.69, 9.17) is 14.2 Å². The van der Waals surface area contributed by atoms with Gasteiger partial charge in [0.25, 0.3) is 0 Å². The fraction of sp³-hybridized carbons (Fsp3) is 0.640. The van der Waals surface area contributed by atoms with Crippen molar-refractivity contribution in [3.63, 3.8) is 0 Å². The lowest BCUT2D eigenvalue weighted by atomic mass is 9.49. The van der Waals surface area contributed by atoms with Crippen LogP contribution in [0.1, 0.15) is 89.8 Å². The molecule has 0 aromatic heterocycles. The summed E-state index contributed by atoms with van der Waals surface area (Å²) in [6.45, 7) is 11.0. The molecule has 3 atom stereocenters. The van der Waals surface area contributed by atoms with Crippen LogP contribution < -0.4 is 9.47 Å². The fourth-order valence-electron chi connectivity index (χ4n) is 6.09. The summed E-state index contributed by atoms with van der Waals surface area (Å²) in [5.41, 5.74) is 1.63. The van der Waals surface area contributed by atoms with Gasteiger partial charge >= 0.3 is 17.9 Å². The summed E-state index contributed by atoms with van der Waals surface area (Å²) in [5, 5.41) is 0. The first-order valence-corrected chi connectivity index (χ1v) is 11.1. The number of carbonyl (C=O) groups excluding carboxylic acids is 3. The molecule has 6 nitrogen and oxygen atoms in total. The van der Waals surface area contributed by atoms with Crippen LogP contribution in [0, 0.1) is 11.3 Å². The van der Waals surface area contributed by atoms with Crippen molar-refractivity contribution in [3.8, 4) is 11.5 Å². The molecule has 0 radical (unpaired) electrons. The Hall–Kier alpha value is -2.37. The highest BCUT2D eigenvalue weighted by Gasteiger charge is 2.57. The van der Waals surface area contributed by atoms with Crippen LogP contribution in [0.5, 0.6) is 11.5 Å². The molecule has 0 amide bonds. The summed E-state index contributed by atoms with van der Waals surface area (Å²) in [6.07, 6.45) is 3.88. The molecule has 0 N–H and O–H groups in total. The van der Waals surface area contributed by atoms with Gasteiger partial charge in [-0.3, -0.25) is 14.4 Å². The summed E-state index contributed by atoms with van der Waals surface area (Å²) in [4.78, 5) is 36.8. The first-order valence-electron chi connectivity index (χ1n) is 11.1. The molecule has 1 saturated carbocycles. The van der Waals surface area contributed by atoms with Crippen LogP contribution in [0.25, 0.3) is 0 Å². The Bertz CT molecular complexity index is 917. The van der Waals surface area contributed by atoms with Crippen LogP contribution in [-0.4, -0.2) is 25.0 Å². The molecule has 0 spiro atoms. The summed E-state index contributed by atoms with van der Waals surface area (Å²) >= 11 is 0. The Morgan fingerprint density at radius 1 is 1.06 bits per heavy atom. The summed E-state index contributed by atoms with van der Waals surface area (Å²) in [6, 6.07) is 1.85. The second kappa shape index (κ2) is 8.29. The number of esters is 3. The maximum atomic E-state index is 12.8. The van der Waals surface area contributed by atoms with Gasteiger partial charge < -0.3 is 14.2 Å². The molecule has 2 aliphatic rings. The number of fused-ring (bicyclic) bond motifs is 3. The van der Waals surface area contributed by atoms with Crippen molar-refractivity contribution in [2.75, 3.05) is 7.11 Å². The summed E-state index contributed by atoms with van der Waals surface area (Å²) < 4.78 is 16.7. The van der Waals surface area contributed by atoms with Gasteiger partial charge in [-0.05, 0) is 50.5 Å². The third-order valence-electron chi connectivity index (χ3n) is 7.33. The van der Waals surface area contributed by atoms with Crippen LogP contribution in [0.3, 0.4) is 0 Å². The Morgan fingerprint density at radius 2 is 1.71 bits per heavy atom. The molecule has 31 heavy (non-hydrogen) atoms. The van der Waals surface area contributed by atoms with Crippen molar-refractivity contribution in [3.05, 3.63) is 22.8 Å². The monoisotopic (exact) mass is 430 g/mol. The van der Waals surface area contributed by atoms with Crippen LogP contribution in [-0.2, 0) is 31.0 Å². The van der Waals surface area contributed by atoms with Crippen molar-refractivity contribution in [2.45, 2.75) is 85.0 Å². The maximum Gasteiger partial charge on any atom is 0.311 e. The molecule has 170 valence electrons. The lowest BCUT2D eigenvalue weighted by molar-refractivity contribution is -0.161. The Kier molecular flexibility index (Phi) is 6.23. The van der Waals surface area contributed by atoms with Crippen molar-refractivity contribution < 1.29 is 28.6 Å². The molecule has 0 bridgehead atoms. The van der Waals surface area contributed by atoms with Crippen molar-refractivity contribution in [1.82, 2.24) is 0 Å². The molecule has 1 aromatic rings. The molecule has 0 unspecified atom stereocenters. The molecule has 0 aliphatic heterocycles. The number of ether oxygens (including phenoxy) is 3. The highest BCUT2D eigenvalue weighted by Crippen LogP contribution is 2.61. The van der Waals surface area contributed by atoms with Gasteiger partial charge in [-0.15, -0.1) is 0 Å². The topological polar surface area (TPSA) is 78.9 Å². The van der Waals surface area contributed by atoms with E-state index >= 15 is 0 Å². The number of hydrogen-bond acceptors (Lipinski definition) is 6. The predicted octanol–water partition coefficient (Wildman–Crippen LogP) is 4.84. The predicted molar refractivity (Wildman–Crippen MR) is 116 cm³/mol. The molecule has 3 rings (SSSR count). The molecule has 1 aromatic carbocycles. The van der Waals surface area contributed by atoms with Gasteiger partial charge in [0.1, 0.15) is 11.5 Å². The highest BCUT2D eigenvalue weighted by atomic mass is 16.5. The van der Waals surface area contributed by atoms with Crippen molar-refractivity contribution in [2.24, 2.45) is 11.3 Å². The minimum Gasteiger partial charge on any atom is -0.469 e. The SMILES string of the molecule is COC(=O)[C@]1(C)CCC[C@]2(C)c3c(OC(C)=O)cc(C(C)C)c(OC(C)=O)c3CC[C@@H]12. The van der Waals surface area contributed by atoms with E-state index in [1.165, 1.54) is 21.0 Å². The molecule has 0 heterocycles. The van der Waals surface area contributed by atoms with E-state index in [2.05, 4.69) is 6.92 Å². The van der Waals surface area contributed by atoms with Crippen LogP contribution >= 0.6 is 0 Å². The van der Waals surface area contributed by atoms with Gasteiger partial charge in [-0.2, -0.15) is 0 Å².